The molecule has 2 aliphatic rings. The van der Waals surface area contributed by atoms with Crippen LogP contribution in [-0.2, 0) is 4.79 Å². The van der Waals surface area contributed by atoms with Gasteiger partial charge in [0.1, 0.15) is 0 Å². The maximum absolute atomic E-state index is 11.7. The highest BCUT2D eigenvalue weighted by molar-refractivity contribution is 6.01. The zero-order valence-electron chi connectivity index (χ0n) is 7.02. The minimum Gasteiger partial charge on any atom is -0.294 e. The lowest BCUT2D eigenvalue weighted by Crippen LogP contribution is -2.23. The molecule has 0 heterocycles. The van der Waals surface area contributed by atoms with Gasteiger partial charge < -0.3 is 0 Å². The fourth-order valence-electron chi connectivity index (χ4n) is 2.44. The summed E-state index contributed by atoms with van der Waals surface area (Å²) in [6.07, 6.45) is 7.93. The van der Waals surface area contributed by atoms with Crippen LogP contribution in [-0.4, -0.2) is 5.78 Å². The quantitative estimate of drug-likeness (QED) is 0.518. The van der Waals surface area contributed by atoms with Gasteiger partial charge in [-0.15, -0.1) is 0 Å². The van der Waals surface area contributed by atoms with Crippen LogP contribution < -0.4 is 0 Å². The molecule has 0 aromatic carbocycles. The van der Waals surface area contributed by atoms with E-state index in [0.29, 0.717) is 5.78 Å². The van der Waals surface area contributed by atoms with Crippen LogP contribution >= 0.6 is 0 Å². The van der Waals surface area contributed by atoms with E-state index in [4.69, 9.17) is 0 Å². The predicted molar refractivity (Wildman–Crippen MR) is 44.3 cm³/mol. The van der Waals surface area contributed by atoms with Gasteiger partial charge in [-0.25, -0.2) is 0 Å². The third-order valence-electron chi connectivity index (χ3n) is 3.20. The van der Waals surface area contributed by atoms with E-state index in [1.807, 2.05) is 6.92 Å². The Labute approximate surface area is 67.5 Å². The molecule has 0 radical (unpaired) electrons. The molecule has 1 saturated carbocycles. The number of carbonyl (C=O) groups excluding carboxylic acids is 1. The second-order valence-corrected chi connectivity index (χ2v) is 3.91. The fourth-order valence-corrected chi connectivity index (χ4v) is 2.44. The fraction of sp³-hybridized carbons (Fsp3) is 0.700. The molecule has 0 saturated heterocycles. The SMILES string of the molecule is CC1=CCC2(CCCC2)C1=O. The van der Waals surface area contributed by atoms with E-state index < -0.39 is 0 Å². The van der Waals surface area contributed by atoms with E-state index in [1.54, 1.807) is 0 Å². The zero-order chi connectivity index (χ0) is 7.90. The summed E-state index contributed by atoms with van der Waals surface area (Å²) < 4.78 is 0. The first-order chi connectivity index (χ1) is 5.25. The average Bonchev–Trinajstić information content (AvgIpc) is 2.56. The molecular formula is C10H14O. The number of carbonyl (C=O) groups is 1. The molecule has 0 N–H and O–H groups in total. The smallest absolute Gasteiger partial charge is 0.164 e. The van der Waals surface area contributed by atoms with Gasteiger partial charge in [-0.3, -0.25) is 4.79 Å². The van der Waals surface area contributed by atoms with Gasteiger partial charge in [-0.2, -0.15) is 0 Å². The molecule has 11 heavy (non-hydrogen) atoms. The second-order valence-electron chi connectivity index (χ2n) is 3.91. The summed E-state index contributed by atoms with van der Waals surface area (Å²) >= 11 is 0. The van der Waals surface area contributed by atoms with Crippen molar-refractivity contribution in [2.45, 2.75) is 39.0 Å². The Balaban J connectivity index is 2.25. The molecule has 2 aliphatic carbocycles. The van der Waals surface area contributed by atoms with E-state index in [9.17, 15) is 4.79 Å². The molecule has 60 valence electrons. The van der Waals surface area contributed by atoms with Crippen molar-refractivity contribution in [3.8, 4) is 0 Å². The molecule has 1 heteroatoms. The Morgan fingerprint density at radius 2 is 2.00 bits per heavy atom. The Morgan fingerprint density at radius 1 is 1.36 bits per heavy atom. The molecule has 2 rings (SSSR count). The third-order valence-corrected chi connectivity index (χ3v) is 3.20. The second kappa shape index (κ2) is 2.20. The van der Waals surface area contributed by atoms with Crippen molar-refractivity contribution in [3.63, 3.8) is 0 Å². The van der Waals surface area contributed by atoms with Crippen LogP contribution in [0.5, 0.6) is 0 Å². The van der Waals surface area contributed by atoms with E-state index in [1.165, 1.54) is 12.8 Å². The lowest BCUT2D eigenvalue weighted by molar-refractivity contribution is -0.123. The molecular weight excluding hydrogens is 136 g/mol. The lowest BCUT2D eigenvalue weighted by Gasteiger charge is -2.20. The third kappa shape index (κ3) is 0.867. The molecule has 1 fully saturated rings. The van der Waals surface area contributed by atoms with Crippen LogP contribution in [0.15, 0.2) is 11.6 Å². The molecule has 0 atom stereocenters. The van der Waals surface area contributed by atoms with Crippen molar-refractivity contribution in [3.05, 3.63) is 11.6 Å². The Kier molecular flexibility index (Phi) is 1.41. The summed E-state index contributed by atoms with van der Waals surface area (Å²) in [6, 6.07) is 0. The Bertz CT molecular complexity index is 219. The van der Waals surface area contributed by atoms with Gasteiger partial charge in [0.05, 0.1) is 0 Å². The number of rotatable bonds is 0. The van der Waals surface area contributed by atoms with Gasteiger partial charge in [0.2, 0.25) is 0 Å². The number of hydrogen-bond donors (Lipinski definition) is 0. The van der Waals surface area contributed by atoms with Crippen LogP contribution in [0.4, 0.5) is 0 Å². The van der Waals surface area contributed by atoms with Crippen molar-refractivity contribution in [2.24, 2.45) is 5.41 Å². The monoisotopic (exact) mass is 150 g/mol. The van der Waals surface area contributed by atoms with E-state index in [2.05, 4.69) is 6.08 Å². The topological polar surface area (TPSA) is 17.1 Å². The molecule has 0 aliphatic heterocycles. The van der Waals surface area contributed by atoms with Crippen LogP contribution in [0.2, 0.25) is 0 Å². The molecule has 0 aromatic heterocycles. The standard InChI is InChI=1S/C10H14O/c1-8-4-7-10(9(8)11)5-2-3-6-10/h4H,2-3,5-7H2,1H3. The van der Waals surface area contributed by atoms with Crippen molar-refractivity contribution in [1.82, 2.24) is 0 Å². The van der Waals surface area contributed by atoms with Gasteiger partial charge in [0, 0.05) is 5.41 Å². The number of Topliss-reactive ketones (excluding diaryl/α,β-unsaturated/α-hetero) is 1. The first-order valence-corrected chi connectivity index (χ1v) is 4.46. The number of ketones is 1. The van der Waals surface area contributed by atoms with Crippen molar-refractivity contribution < 1.29 is 4.79 Å². The number of allylic oxidation sites excluding steroid dienone is 2. The highest BCUT2D eigenvalue weighted by Crippen LogP contribution is 2.47. The van der Waals surface area contributed by atoms with Crippen molar-refractivity contribution in [2.75, 3.05) is 0 Å². The van der Waals surface area contributed by atoms with Gasteiger partial charge in [-0.05, 0) is 31.8 Å². The van der Waals surface area contributed by atoms with Crippen LogP contribution in [0.1, 0.15) is 39.0 Å². The van der Waals surface area contributed by atoms with Gasteiger partial charge in [0.25, 0.3) is 0 Å². The summed E-state index contributed by atoms with van der Waals surface area (Å²) in [7, 11) is 0. The number of hydrogen-bond acceptors (Lipinski definition) is 1. The molecule has 0 unspecified atom stereocenters. The van der Waals surface area contributed by atoms with Crippen LogP contribution in [0, 0.1) is 5.41 Å². The minimum atomic E-state index is 0.0874. The van der Waals surface area contributed by atoms with Crippen LogP contribution in [0.3, 0.4) is 0 Å². The average molecular weight is 150 g/mol. The van der Waals surface area contributed by atoms with Gasteiger partial charge in [0.15, 0.2) is 5.78 Å². The highest BCUT2D eigenvalue weighted by atomic mass is 16.1. The molecule has 0 amide bonds. The van der Waals surface area contributed by atoms with Crippen molar-refractivity contribution >= 4 is 5.78 Å². The molecule has 1 spiro atoms. The minimum absolute atomic E-state index is 0.0874. The normalized spacial score (nSPS) is 28.1. The van der Waals surface area contributed by atoms with E-state index in [-0.39, 0.29) is 5.41 Å². The van der Waals surface area contributed by atoms with Gasteiger partial charge >= 0.3 is 0 Å². The summed E-state index contributed by atoms with van der Waals surface area (Å²) in [5.41, 5.74) is 1.09. The van der Waals surface area contributed by atoms with E-state index >= 15 is 0 Å². The molecule has 0 aromatic rings. The predicted octanol–water partition coefficient (Wildman–Crippen LogP) is 2.47. The van der Waals surface area contributed by atoms with E-state index in [0.717, 1.165) is 24.8 Å². The summed E-state index contributed by atoms with van der Waals surface area (Å²) in [5, 5.41) is 0. The Morgan fingerprint density at radius 3 is 2.45 bits per heavy atom. The summed E-state index contributed by atoms with van der Waals surface area (Å²) in [6.45, 7) is 1.95. The zero-order valence-corrected chi connectivity index (χ0v) is 7.02. The first-order valence-electron chi connectivity index (χ1n) is 4.46. The summed E-state index contributed by atoms with van der Waals surface area (Å²) in [4.78, 5) is 11.7. The molecule has 0 bridgehead atoms. The Hall–Kier alpha value is -0.590. The highest BCUT2D eigenvalue weighted by Gasteiger charge is 2.43. The van der Waals surface area contributed by atoms with Gasteiger partial charge in [-0.1, -0.05) is 18.9 Å². The molecule has 1 nitrogen and oxygen atoms in total. The summed E-state index contributed by atoms with van der Waals surface area (Å²) in [5.74, 6) is 0.440. The van der Waals surface area contributed by atoms with Crippen LogP contribution in [0.25, 0.3) is 0 Å². The lowest BCUT2D eigenvalue weighted by atomic mass is 9.82. The van der Waals surface area contributed by atoms with Crippen molar-refractivity contribution in [1.29, 1.82) is 0 Å². The first kappa shape index (κ1) is 7.08. The largest absolute Gasteiger partial charge is 0.294 e. The maximum atomic E-state index is 11.7. The maximum Gasteiger partial charge on any atom is 0.164 e.